The van der Waals surface area contributed by atoms with Gasteiger partial charge in [-0.05, 0) is 44.5 Å². The zero-order valence-corrected chi connectivity index (χ0v) is 36.1. The van der Waals surface area contributed by atoms with E-state index in [2.05, 4.69) is 30.4 Å². The summed E-state index contributed by atoms with van der Waals surface area (Å²) in [5, 5.41) is 25.5. The fraction of sp³-hybridized carbons (Fsp3) is 0.385. The first-order valence-corrected chi connectivity index (χ1v) is 22.5. The summed E-state index contributed by atoms with van der Waals surface area (Å²) >= 11 is 0. The minimum absolute atomic E-state index is 0.0593. The zero-order chi connectivity index (χ0) is 46.2. The van der Waals surface area contributed by atoms with Crippen molar-refractivity contribution in [1.82, 2.24) is 57.7 Å². The van der Waals surface area contributed by atoms with Crippen molar-refractivity contribution in [1.29, 1.82) is 0 Å². The number of nitrogens with zero attached hydrogens (tertiary/aromatic N) is 12. The lowest BCUT2D eigenvalue weighted by atomic mass is 9.82. The Morgan fingerprint density at radius 2 is 1.09 bits per heavy atom. The van der Waals surface area contributed by atoms with Crippen molar-refractivity contribution < 1.29 is 49.1 Å². The molecule has 25 heteroatoms. The van der Waals surface area contributed by atoms with Crippen molar-refractivity contribution in [2.75, 3.05) is 6.61 Å². The molecular formula is C39H42F4N12O7S2. The number of halogens is 4. The molecule has 0 fully saturated rings. The van der Waals surface area contributed by atoms with Crippen LogP contribution in [0.3, 0.4) is 0 Å². The first-order valence-electron chi connectivity index (χ1n) is 19.6. The number of hydrogen-bond donors (Lipinski definition) is 1. The maximum absolute atomic E-state index is 13.3. The van der Waals surface area contributed by atoms with Gasteiger partial charge in [-0.2, -0.15) is 45.4 Å². The Bertz CT molecular complexity index is 2630. The summed E-state index contributed by atoms with van der Waals surface area (Å²) in [6.07, 6.45) is 5.12. The zero-order valence-electron chi connectivity index (χ0n) is 34.5. The van der Waals surface area contributed by atoms with E-state index < -0.39 is 63.4 Å². The minimum atomic E-state index is -4.12. The van der Waals surface area contributed by atoms with Crippen LogP contribution < -0.4 is 0 Å². The average molecular weight is 931 g/mol. The highest BCUT2D eigenvalue weighted by Crippen LogP contribution is 2.34. The van der Waals surface area contributed by atoms with E-state index in [9.17, 15) is 49.1 Å². The van der Waals surface area contributed by atoms with Crippen LogP contribution >= 0.6 is 0 Å². The van der Waals surface area contributed by atoms with Crippen molar-refractivity contribution in [3.05, 3.63) is 120 Å². The van der Waals surface area contributed by atoms with E-state index in [4.69, 9.17) is 0 Å². The molecule has 8 heterocycles. The molecule has 0 aliphatic carbocycles. The van der Waals surface area contributed by atoms with Gasteiger partial charge in [0.2, 0.25) is 11.8 Å². The van der Waals surface area contributed by atoms with Crippen LogP contribution in [0.15, 0.2) is 95.8 Å². The lowest BCUT2D eigenvalue weighted by Gasteiger charge is -2.31. The largest absolute Gasteiger partial charge is 0.395 e. The second kappa shape index (κ2) is 17.7. The predicted octanol–water partition coefficient (Wildman–Crippen LogP) is 2.96. The fourth-order valence-electron chi connectivity index (χ4n) is 7.22. The second-order valence-electron chi connectivity index (χ2n) is 15.5. The molecule has 2 aliphatic rings. The molecule has 0 aromatic carbocycles. The Hall–Kier alpha value is -6.34. The molecule has 2 aliphatic heterocycles. The maximum atomic E-state index is 13.3. The van der Waals surface area contributed by atoms with E-state index in [1.807, 2.05) is 26.0 Å². The number of aliphatic hydroxyl groups is 1. The maximum Gasteiger partial charge on any atom is 0.286 e. The quantitative estimate of drug-likeness (QED) is 0.155. The third-order valence-corrected chi connectivity index (χ3v) is 14.0. The third-order valence-electron chi connectivity index (χ3n) is 11.1. The highest BCUT2D eigenvalue weighted by molar-refractivity contribution is 7.90. The van der Waals surface area contributed by atoms with Gasteiger partial charge in [0.25, 0.3) is 32.9 Å². The Morgan fingerprint density at radius 3 is 1.45 bits per heavy atom. The van der Waals surface area contributed by atoms with Gasteiger partial charge in [-0.15, -0.1) is 0 Å². The number of fused-ring (bicyclic) bond motifs is 2. The first-order chi connectivity index (χ1) is 30.3. The molecule has 2 unspecified atom stereocenters. The van der Waals surface area contributed by atoms with Crippen LogP contribution in [0.2, 0.25) is 0 Å². The molecule has 0 radical (unpaired) electrons. The molecule has 0 spiro atoms. The van der Waals surface area contributed by atoms with Gasteiger partial charge in [-0.25, -0.2) is 17.6 Å². The highest BCUT2D eigenvalue weighted by atomic mass is 32.2. The number of aliphatic hydroxyl groups excluding tert-OH is 1. The van der Waals surface area contributed by atoms with Gasteiger partial charge < -0.3 is 14.9 Å². The molecule has 340 valence electrons. The second-order valence-corrected chi connectivity index (χ2v) is 19.1. The Balaban J connectivity index is 0.000000191. The van der Waals surface area contributed by atoms with Crippen molar-refractivity contribution in [2.24, 2.45) is 0 Å². The lowest BCUT2D eigenvalue weighted by Crippen LogP contribution is -2.46. The van der Waals surface area contributed by atoms with Gasteiger partial charge in [0.1, 0.15) is 28.3 Å². The van der Waals surface area contributed by atoms with Gasteiger partial charge in [-0.3, -0.25) is 28.9 Å². The summed E-state index contributed by atoms with van der Waals surface area (Å²) in [6, 6.07) is 10.5. The molecule has 0 bridgehead atoms. The number of pyridine rings is 2. The Morgan fingerprint density at radius 1 is 0.672 bits per heavy atom. The van der Waals surface area contributed by atoms with E-state index in [0.29, 0.717) is 40.3 Å². The van der Waals surface area contributed by atoms with Gasteiger partial charge >= 0.3 is 0 Å². The summed E-state index contributed by atoms with van der Waals surface area (Å²) in [5.41, 5.74) is 1.03. The Kier molecular flexibility index (Phi) is 12.6. The number of rotatable bonds is 14. The van der Waals surface area contributed by atoms with Gasteiger partial charge in [0.15, 0.2) is 0 Å². The SMILES string of the molecule is CC(CO)(C(=O)N1Cc2cn(S(=O)(=O)c3cnn(CC(F)F)c3)nc2C1)c1ccccn1.CCC(C)(C(=O)N1Cc2cn(S(=O)(=O)c3cnn(CC(F)F)c3)nc2C1)c1ccccn1. The summed E-state index contributed by atoms with van der Waals surface area (Å²) in [5.74, 6) is -0.473. The third kappa shape index (κ3) is 8.78. The van der Waals surface area contributed by atoms with Gasteiger partial charge in [0, 0.05) is 61.4 Å². The summed E-state index contributed by atoms with van der Waals surface area (Å²) in [7, 11) is -8.20. The number of carbonyl (C=O) groups is 2. The normalized spacial score (nSPS) is 15.7. The minimum Gasteiger partial charge on any atom is -0.395 e. The number of aromatic nitrogens is 10. The molecule has 8 rings (SSSR count). The molecule has 1 N–H and O–H groups in total. The standard InChI is InChI=1S/C20H22F2N6O3S.C19H20F2N6O4S/c1-3-20(2,17-6-4-5-7-23-17)19(29)26-9-14-10-28(25-16(14)12-26)32(30,31)15-8-24-27(11-15)13-18(21)22;1-19(12-28,16-4-2-3-5-22-16)18(29)25-7-13-8-27(24-15(13)10-25)32(30,31)14-6-23-26(9-14)11-17(20)21/h4-8,10-11,18H,3,9,12-13H2,1-2H3;2-6,8-9,17,28H,7,10-12H2,1H3. The highest BCUT2D eigenvalue weighted by Gasteiger charge is 2.43. The smallest absolute Gasteiger partial charge is 0.286 e. The number of amides is 2. The van der Waals surface area contributed by atoms with Crippen molar-refractivity contribution in [2.45, 2.75) is 99.9 Å². The predicted molar refractivity (Wildman–Crippen MR) is 215 cm³/mol. The first kappa shape index (κ1) is 45.7. The van der Waals surface area contributed by atoms with E-state index in [1.165, 1.54) is 23.5 Å². The molecule has 2 atom stereocenters. The van der Waals surface area contributed by atoms with Crippen LogP contribution in [0.25, 0.3) is 0 Å². The summed E-state index contributed by atoms with van der Waals surface area (Å²) in [6.45, 7) is 4.04. The lowest BCUT2D eigenvalue weighted by molar-refractivity contribution is -0.139. The van der Waals surface area contributed by atoms with Gasteiger partial charge in [-0.1, -0.05) is 19.1 Å². The molecule has 6 aromatic rings. The fourth-order valence-corrected chi connectivity index (χ4v) is 9.47. The Labute approximate surface area is 364 Å². The van der Waals surface area contributed by atoms with E-state index >= 15 is 0 Å². The summed E-state index contributed by atoms with van der Waals surface area (Å²) < 4.78 is 105. The van der Waals surface area contributed by atoms with Crippen LogP contribution in [0, 0.1) is 0 Å². The average Bonchev–Trinajstić information content (AvgIpc) is 4.13. The molecule has 6 aromatic heterocycles. The monoisotopic (exact) mass is 930 g/mol. The van der Waals surface area contributed by atoms with Crippen LogP contribution in [-0.4, -0.2) is 111 Å². The van der Waals surface area contributed by atoms with Crippen LogP contribution in [0.5, 0.6) is 0 Å². The molecule has 2 amide bonds. The van der Waals surface area contributed by atoms with Crippen LogP contribution in [-0.2, 0) is 79.7 Å². The van der Waals surface area contributed by atoms with E-state index in [0.717, 1.165) is 42.3 Å². The molecule has 19 nitrogen and oxygen atoms in total. The van der Waals surface area contributed by atoms with Crippen molar-refractivity contribution >= 4 is 31.9 Å². The van der Waals surface area contributed by atoms with Gasteiger partial charge in [0.05, 0.1) is 60.3 Å². The van der Waals surface area contributed by atoms with Crippen LogP contribution in [0.1, 0.15) is 61.1 Å². The number of carbonyl (C=O) groups excluding carboxylic acids is 2. The van der Waals surface area contributed by atoms with Crippen molar-refractivity contribution in [3.8, 4) is 0 Å². The van der Waals surface area contributed by atoms with E-state index in [-0.39, 0.29) is 47.8 Å². The topological polar surface area (TPSA) is 226 Å². The number of hydrogen-bond acceptors (Lipinski definition) is 13. The molecule has 0 saturated heterocycles. The summed E-state index contributed by atoms with van der Waals surface area (Å²) in [4.78, 5) is 37.6. The van der Waals surface area contributed by atoms with Crippen LogP contribution in [0.4, 0.5) is 17.6 Å². The van der Waals surface area contributed by atoms with Crippen molar-refractivity contribution in [3.63, 3.8) is 0 Å². The molecule has 0 saturated carbocycles. The number of alkyl halides is 4. The molecule has 64 heavy (non-hydrogen) atoms. The van der Waals surface area contributed by atoms with E-state index in [1.54, 1.807) is 42.3 Å². The molecular weight excluding hydrogens is 889 g/mol.